The molecule has 0 aliphatic heterocycles. The molecule has 0 aliphatic rings. The van der Waals surface area contributed by atoms with Crippen molar-refractivity contribution in [1.82, 2.24) is 0 Å². The Labute approximate surface area is 475 Å². The fourth-order valence-corrected chi connectivity index (χ4v) is 8.62. The smallest absolute Gasteiger partial charge is 0.306 e. The van der Waals surface area contributed by atoms with Gasteiger partial charge in [-0.1, -0.05) is 258 Å². The molecule has 0 N–H and O–H groups in total. The van der Waals surface area contributed by atoms with E-state index in [1.54, 1.807) is 0 Å². The summed E-state index contributed by atoms with van der Waals surface area (Å²) in [5, 5.41) is 0. The summed E-state index contributed by atoms with van der Waals surface area (Å²) in [6.45, 7) is 6.46. The third-order valence-corrected chi connectivity index (χ3v) is 13.4. The van der Waals surface area contributed by atoms with E-state index in [2.05, 4.69) is 142 Å². The van der Waals surface area contributed by atoms with Gasteiger partial charge in [-0.3, -0.25) is 14.4 Å². The molecular weight excluding hydrogens is 949 g/mol. The highest BCUT2D eigenvalue weighted by Crippen LogP contribution is 2.15. The first kappa shape index (κ1) is 72.8. The first-order valence-corrected chi connectivity index (χ1v) is 32.0. The number of esters is 3. The summed E-state index contributed by atoms with van der Waals surface area (Å²) in [4.78, 5) is 38.4. The van der Waals surface area contributed by atoms with E-state index in [9.17, 15) is 14.4 Å². The van der Waals surface area contributed by atoms with Gasteiger partial charge < -0.3 is 14.2 Å². The molecule has 0 saturated carbocycles. The summed E-state index contributed by atoms with van der Waals surface area (Å²) < 4.78 is 16.9. The van der Waals surface area contributed by atoms with Gasteiger partial charge >= 0.3 is 17.9 Å². The molecule has 77 heavy (non-hydrogen) atoms. The van der Waals surface area contributed by atoms with Gasteiger partial charge in [0.1, 0.15) is 13.2 Å². The van der Waals surface area contributed by atoms with Gasteiger partial charge in [0.15, 0.2) is 6.10 Å². The van der Waals surface area contributed by atoms with Crippen LogP contribution in [0.15, 0.2) is 122 Å². The van der Waals surface area contributed by atoms with Crippen molar-refractivity contribution in [2.45, 2.75) is 297 Å². The average molecular weight is 1070 g/mol. The van der Waals surface area contributed by atoms with Crippen LogP contribution in [0.4, 0.5) is 0 Å². The molecule has 0 aromatic carbocycles. The fourth-order valence-electron chi connectivity index (χ4n) is 8.62. The van der Waals surface area contributed by atoms with Crippen LogP contribution >= 0.6 is 0 Å². The fraction of sp³-hybridized carbons (Fsp3) is 0.676. The van der Waals surface area contributed by atoms with Crippen LogP contribution in [0.5, 0.6) is 0 Å². The van der Waals surface area contributed by atoms with Gasteiger partial charge in [-0.05, 0) is 135 Å². The van der Waals surface area contributed by atoms with Crippen LogP contribution in [-0.4, -0.2) is 37.2 Å². The monoisotopic (exact) mass is 1070 g/mol. The van der Waals surface area contributed by atoms with Crippen molar-refractivity contribution in [1.29, 1.82) is 0 Å². The summed E-state index contributed by atoms with van der Waals surface area (Å²) in [5.74, 6) is -0.945. The lowest BCUT2D eigenvalue weighted by atomic mass is 10.1. The van der Waals surface area contributed by atoms with Crippen molar-refractivity contribution in [3.05, 3.63) is 122 Å². The first-order chi connectivity index (χ1) is 38.0. The molecule has 0 rings (SSSR count). The van der Waals surface area contributed by atoms with Gasteiger partial charge in [0, 0.05) is 19.3 Å². The Bertz CT molecular complexity index is 1600. The van der Waals surface area contributed by atoms with Crippen LogP contribution < -0.4 is 0 Å². The molecule has 0 aliphatic carbocycles. The van der Waals surface area contributed by atoms with Crippen LogP contribution in [0.25, 0.3) is 0 Å². The molecule has 1 atom stereocenters. The van der Waals surface area contributed by atoms with Crippen molar-refractivity contribution in [3.63, 3.8) is 0 Å². The quantitative estimate of drug-likeness (QED) is 0.0261. The predicted molar refractivity (Wildman–Crippen MR) is 334 cm³/mol. The Balaban J connectivity index is 4.48. The minimum Gasteiger partial charge on any atom is -0.462 e. The molecule has 1 unspecified atom stereocenters. The van der Waals surface area contributed by atoms with E-state index in [4.69, 9.17) is 14.2 Å². The lowest BCUT2D eigenvalue weighted by Gasteiger charge is -2.18. The summed E-state index contributed by atoms with van der Waals surface area (Å²) in [7, 11) is 0. The highest BCUT2D eigenvalue weighted by Gasteiger charge is 2.19. The number of carbonyl (C=O) groups excluding carboxylic acids is 3. The maximum atomic E-state index is 12.9. The van der Waals surface area contributed by atoms with Crippen molar-refractivity contribution >= 4 is 17.9 Å². The molecule has 6 nitrogen and oxygen atoms in total. The van der Waals surface area contributed by atoms with Crippen LogP contribution in [0.2, 0.25) is 0 Å². The Morgan fingerprint density at radius 1 is 0.273 bits per heavy atom. The SMILES string of the molecule is CC/C=C\C/C=C\C/C=C\C/C=C\C/C=C\CCCCCC(=O)OC(COC(=O)CCCCCCCC/C=C\C/C=C\C/C=C\CCCCC)COC(=O)CCCCCCCCCCC/C=C\C/C=C\CCCCCCC. The maximum absolute atomic E-state index is 12.9. The molecule has 0 radical (unpaired) electrons. The van der Waals surface area contributed by atoms with E-state index in [0.29, 0.717) is 12.8 Å². The predicted octanol–water partition coefficient (Wildman–Crippen LogP) is 22.0. The van der Waals surface area contributed by atoms with E-state index in [1.807, 2.05) is 0 Å². The van der Waals surface area contributed by atoms with Gasteiger partial charge in [-0.25, -0.2) is 0 Å². The first-order valence-electron chi connectivity index (χ1n) is 32.0. The number of unbranched alkanes of at least 4 members (excludes halogenated alkanes) is 26. The molecule has 0 aromatic rings. The number of allylic oxidation sites excluding steroid dienone is 20. The highest BCUT2D eigenvalue weighted by atomic mass is 16.6. The Kier molecular flexibility index (Phi) is 60.8. The number of hydrogen-bond acceptors (Lipinski definition) is 6. The number of ether oxygens (including phenoxy) is 3. The number of rotatable bonds is 57. The second-order valence-electron chi connectivity index (χ2n) is 20.9. The zero-order chi connectivity index (χ0) is 55.7. The third kappa shape index (κ3) is 62.5. The summed E-state index contributed by atoms with van der Waals surface area (Å²) >= 11 is 0. The molecule has 0 saturated heterocycles. The van der Waals surface area contributed by atoms with Crippen LogP contribution in [0.3, 0.4) is 0 Å². The zero-order valence-electron chi connectivity index (χ0n) is 50.2. The van der Waals surface area contributed by atoms with Crippen LogP contribution in [0, 0.1) is 0 Å². The van der Waals surface area contributed by atoms with Crippen molar-refractivity contribution in [3.8, 4) is 0 Å². The molecule has 0 aromatic heterocycles. The molecule has 0 bridgehead atoms. The summed E-state index contributed by atoms with van der Waals surface area (Å²) in [6.07, 6.45) is 89.1. The van der Waals surface area contributed by atoms with E-state index in [1.165, 1.54) is 122 Å². The van der Waals surface area contributed by atoms with E-state index in [0.717, 1.165) is 128 Å². The Morgan fingerprint density at radius 3 is 0.831 bits per heavy atom. The molecule has 0 amide bonds. The zero-order valence-corrected chi connectivity index (χ0v) is 50.2. The van der Waals surface area contributed by atoms with Gasteiger partial charge in [-0.2, -0.15) is 0 Å². The summed E-state index contributed by atoms with van der Waals surface area (Å²) in [6, 6.07) is 0. The van der Waals surface area contributed by atoms with E-state index in [-0.39, 0.29) is 37.5 Å². The molecular formula is C71H118O6. The molecule has 6 heteroatoms. The largest absolute Gasteiger partial charge is 0.462 e. The van der Waals surface area contributed by atoms with Gasteiger partial charge in [0.2, 0.25) is 0 Å². The number of carbonyl (C=O) groups is 3. The van der Waals surface area contributed by atoms with Crippen molar-refractivity contribution in [2.24, 2.45) is 0 Å². The van der Waals surface area contributed by atoms with Crippen LogP contribution in [-0.2, 0) is 28.6 Å². The lowest BCUT2D eigenvalue weighted by Crippen LogP contribution is -2.30. The molecule has 438 valence electrons. The van der Waals surface area contributed by atoms with Crippen LogP contribution in [0.1, 0.15) is 290 Å². The Morgan fingerprint density at radius 2 is 0.506 bits per heavy atom. The minimum atomic E-state index is -0.808. The lowest BCUT2D eigenvalue weighted by molar-refractivity contribution is -0.167. The van der Waals surface area contributed by atoms with Gasteiger partial charge in [-0.15, -0.1) is 0 Å². The second kappa shape index (κ2) is 64.3. The topological polar surface area (TPSA) is 78.9 Å². The summed E-state index contributed by atoms with van der Waals surface area (Å²) in [5.41, 5.74) is 0. The average Bonchev–Trinajstić information content (AvgIpc) is 3.43. The maximum Gasteiger partial charge on any atom is 0.306 e. The van der Waals surface area contributed by atoms with Crippen molar-refractivity contribution < 1.29 is 28.6 Å². The molecule has 0 heterocycles. The Hall–Kier alpha value is -4.19. The standard InChI is InChI=1S/C71H118O6/c1-4-7-10-13-16-19-22-25-28-31-34-35-38-40-43-46-49-52-55-58-61-64-70(73)76-67-68(77-71(74)65-62-59-56-53-50-47-44-41-37-33-30-27-24-21-18-15-12-9-6-3)66-75-69(72)63-60-57-54-51-48-45-42-39-36-32-29-26-23-20-17-14-11-8-5-2/h9,12,17-18,20-22,25-27,29-31,34,36-37,39,41,47,50,68H,4-8,10-11,13-16,19,23-24,28,32-33,35,38,40,42-46,48-49,51-67H2,1-3H3/b12-9-,20-17-,21-18-,25-22-,29-26-,30-27-,34-31-,39-36-,41-37-,50-47-. The minimum absolute atomic E-state index is 0.100. The second-order valence-corrected chi connectivity index (χ2v) is 20.9. The number of hydrogen-bond donors (Lipinski definition) is 0. The normalized spacial score (nSPS) is 12.9. The third-order valence-electron chi connectivity index (χ3n) is 13.4. The van der Waals surface area contributed by atoms with E-state index < -0.39 is 6.10 Å². The van der Waals surface area contributed by atoms with E-state index >= 15 is 0 Å². The molecule has 0 spiro atoms. The van der Waals surface area contributed by atoms with Gasteiger partial charge in [0.05, 0.1) is 0 Å². The highest BCUT2D eigenvalue weighted by molar-refractivity contribution is 5.71. The van der Waals surface area contributed by atoms with Crippen molar-refractivity contribution in [2.75, 3.05) is 13.2 Å². The molecule has 0 fully saturated rings. The van der Waals surface area contributed by atoms with Gasteiger partial charge in [0.25, 0.3) is 0 Å².